The predicted octanol–water partition coefficient (Wildman–Crippen LogP) is 5.25. The van der Waals surface area contributed by atoms with Gasteiger partial charge in [-0.25, -0.2) is 0 Å². The summed E-state index contributed by atoms with van der Waals surface area (Å²) in [4.78, 5) is 39.6. The van der Waals surface area contributed by atoms with Crippen molar-refractivity contribution in [3.8, 4) is 0 Å². The Bertz CT molecular complexity index is 1140. The number of amides is 3. The molecule has 0 spiro atoms. The van der Waals surface area contributed by atoms with Crippen LogP contribution in [0.4, 0.5) is 17.1 Å². The Hall–Kier alpha value is -4.13. The lowest BCUT2D eigenvalue weighted by molar-refractivity contribution is -0.114. The molecular weight excluding hydrogens is 440 g/mol. The quantitative estimate of drug-likeness (QED) is 0.355. The third kappa shape index (κ3) is 7.71. The Labute approximate surface area is 206 Å². The summed E-state index contributed by atoms with van der Waals surface area (Å²) in [6, 6.07) is 23.1. The van der Waals surface area contributed by atoms with Crippen LogP contribution < -0.4 is 16.0 Å². The van der Waals surface area contributed by atoms with Crippen LogP contribution in [0.5, 0.6) is 0 Å². The standard InChI is InChI=1S/C28H32N4O3/c1-3-16-32(17-4-2)28(35)22-12-8-13-23(18-22)29-20-26(33)30-24-14-9-15-25(19-24)31-27(34)21-10-6-5-7-11-21/h5-15,18-19,29H,3-4,16-17,20H2,1-2H3,(H,30,33)(H,31,34). The van der Waals surface area contributed by atoms with Gasteiger partial charge in [-0.05, 0) is 61.4 Å². The fourth-order valence-electron chi connectivity index (χ4n) is 3.65. The lowest BCUT2D eigenvalue weighted by Crippen LogP contribution is -2.32. The Morgan fingerprint density at radius 1 is 0.686 bits per heavy atom. The Morgan fingerprint density at radius 2 is 1.29 bits per heavy atom. The van der Waals surface area contributed by atoms with Crippen molar-refractivity contribution in [1.29, 1.82) is 0 Å². The molecule has 0 fully saturated rings. The van der Waals surface area contributed by atoms with Crippen LogP contribution in [0, 0.1) is 0 Å². The highest BCUT2D eigenvalue weighted by Crippen LogP contribution is 2.17. The highest BCUT2D eigenvalue weighted by atomic mass is 16.2. The first kappa shape index (κ1) is 25.5. The van der Waals surface area contributed by atoms with Crippen LogP contribution >= 0.6 is 0 Å². The molecule has 3 amide bonds. The summed E-state index contributed by atoms with van der Waals surface area (Å²) in [5.74, 6) is -0.468. The van der Waals surface area contributed by atoms with Gasteiger partial charge in [-0.3, -0.25) is 14.4 Å². The summed E-state index contributed by atoms with van der Waals surface area (Å²) in [7, 11) is 0. The van der Waals surface area contributed by atoms with Gasteiger partial charge in [-0.15, -0.1) is 0 Å². The minimum atomic E-state index is -0.244. The van der Waals surface area contributed by atoms with Gasteiger partial charge in [0.1, 0.15) is 0 Å². The van der Waals surface area contributed by atoms with Crippen molar-refractivity contribution in [2.24, 2.45) is 0 Å². The lowest BCUT2D eigenvalue weighted by Gasteiger charge is -2.21. The summed E-state index contributed by atoms with van der Waals surface area (Å²) >= 11 is 0. The SMILES string of the molecule is CCCN(CCC)C(=O)c1cccc(NCC(=O)Nc2cccc(NC(=O)c3ccccc3)c2)c1. The van der Waals surface area contributed by atoms with E-state index in [2.05, 4.69) is 29.8 Å². The van der Waals surface area contributed by atoms with Gasteiger partial charge in [0.05, 0.1) is 6.54 Å². The Kier molecular flexibility index (Phi) is 9.42. The van der Waals surface area contributed by atoms with Gasteiger partial charge in [0.2, 0.25) is 5.91 Å². The molecule has 0 saturated heterocycles. The molecule has 0 aliphatic heterocycles. The van der Waals surface area contributed by atoms with Crippen molar-refractivity contribution in [1.82, 2.24) is 4.90 Å². The molecule has 35 heavy (non-hydrogen) atoms. The lowest BCUT2D eigenvalue weighted by atomic mass is 10.1. The van der Waals surface area contributed by atoms with E-state index in [9.17, 15) is 14.4 Å². The number of carbonyl (C=O) groups is 3. The van der Waals surface area contributed by atoms with Gasteiger partial charge in [0, 0.05) is 41.3 Å². The highest BCUT2D eigenvalue weighted by Gasteiger charge is 2.15. The van der Waals surface area contributed by atoms with Crippen LogP contribution in [-0.4, -0.2) is 42.3 Å². The fraction of sp³-hybridized carbons (Fsp3) is 0.250. The molecule has 3 N–H and O–H groups in total. The van der Waals surface area contributed by atoms with Crippen molar-refractivity contribution >= 4 is 34.8 Å². The van der Waals surface area contributed by atoms with Crippen LogP contribution in [0.1, 0.15) is 47.4 Å². The van der Waals surface area contributed by atoms with Gasteiger partial charge in [-0.1, -0.05) is 44.2 Å². The van der Waals surface area contributed by atoms with E-state index in [1.807, 2.05) is 23.1 Å². The minimum absolute atomic E-state index is 0.00355. The number of carbonyl (C=O) groups excluding carboxylic acids is 3. The van der Waals surface area contributed by atoms with E-state index >= 15 is 0 Å². The van der Waals surface area contributed by atoms with E-state index in [1.165, 1.54) is 0 Å². The second-order valence-corrected chi connectivity index (χ2v) is 8.18. The molecule has 7 nitrogen and oxygen atoms in total. The molecule has 0 aromatic heterocycles. The molecular formula is C28H32N4O3. The zero-order valence-corrected chi connectivity index (χ0v) is 20.2. The minimum Gasteiger partial charge on any atom is -0.376 e. The van der Waals surface area contributed by atoms with Gasteiger partial charge >= 0.3 is 0 Å². The van der Waals surface area contributed by atoms with E-state index < -0.39 is 0 Å². The molecule has 0 saturated carbocycles. The van der Waals surface area contributed by atoms with E-state index in [0.29, 0.717) is 28.2 Å². The molecule has 0 aliphatic carbocycles. The first-order valence-electron chi connectivity index (χ1n) is 11.9. The number of nitrogens with zero attached hydrogens (tertiary/aromatic N) is 1. The molecule has 0 unspecified atom stereocenters. The van der Waals surface area contributed by atoms with Gasteiger partial charge in [0.15, 0.2) is 0 Å². The van der Waals surface area contributed by atoms with Crippen LogP contribution in [0.25, 0.3) is 0 Å². The maximum atomic E-state index is 12.8. The monoisotopic (exact) mass is 472 g/mol. The van der Waals surface area contributed by atoms with Crippen LogP contribution in [0.3, 0.4) is 0 Å². The van der Waals surface area contributed by atoms with Gasteiger partial charge in [-0.2, -0.15) is 0 Å². The molecule has 3 aromatic carbocycles. The van der Waals surface area contributed by atoms with Gasteiger partial charge in [0.25, 0.3) is 11.8 Å². The van der Waals surface area contributed by atoms with Crippen molar-refractivity contribution in [3.63, 3.8) is 0 Å². The summed E-state index contributed by atoms with van der Waals surface area (Å²) in [5.41, 5.74) is 3.00. The largest absolute Gasteiger partial charge is 0.376 e. The average Bonchev–Trinajstić information content (AvgIpc) is 2.88. The molecule has 0 aliphatic rings. The van der Waals surface area contributed by atoms with Gasteiger partial charge < -0.3 is 20.9 Å². The second-order valence-electron chi connectivity index (χ2n) is 8.18. The van der Waals surface area contributed by atoms with E-state index in [1.54, 1.807) is 60.7 Å². The summed E-state index contributed by atoms with van der Waals surface area (Å²) < 4.78 is 0. The van der Waals surface area contributed by atoms with Crippen LogP contribution in [-0.2, 0) is 4.79 Å². The predicted molar refractivity (Wildman–Crippen MR) is 141 cm³/mol. The zero-order chi connectivity index (χ0) is 25.0. The first-order chi connectivity index (χ1) is 17.0. The Morgan fingerprint density at radius 3 is 1.97 bits per heavy atom. The molecule has 7 heteroatoms. The topological polar surface area (TPSA) is 90.5 Å². The summed E-state index contributed by atoms with van der Waals surface area (Å²) in [5, 5.41) is 8.74. The normalized spacial score (nSPS) is 10.3. The van der Waals surface area contributed by atoms with E-state index in [-0.39, 0.29) is 24.3 Å². The van der Waals surface area contributed by atoms with Crippen LogP contribution in [0.2, 0.25) is 0 Å². The van der Waals surface area contributed by atoms with E-state index in [4.69, 9.17) is 0 Å². The number of hydrogen-bond donors (Lipinski definition) is 3. The molecule has 182 valence electrons. The molecule has 3 rings (SSSR count). The summed E-state index contributed by atoms with van der Waals surface area (Å²) in [6.07, 6.45) is 1.81. The van der Waals surface area contributed by atoms with Crippen LogP contribution in [0.15, 0.2) is 78.9 Å². The molecule has 0 radical (unpaired) electrons. The number of benzene rings is 3. The van der Waals surface area contributed by atoms with Crippen molar-refractivity contribution in [2.75, 3.05) is 35.6 Å². The smallest absolute Gasteiger partial charge is 0.255 e. The average molecular weight is 473 g/mol. The second kappa shape index (κ2) is 12.9. The highest BCUT2D eigenvalue weighted by molar-refractivity contribution is 6.04. The number of anilines is 3. The maximum absolute atomic E-state index is 12.8. The van der Waals surface area contributed by atoms with Crippen molar-refractivity contribution in [3.05, 3.63) is 90.0 Å². The molecule has 3 aromatic rings. The molecule has 0 bridgehead atoms. The third-order valence-electron chi connectivity index (χ3n) is 5.28. The van der Waals surface area contributed by atoms with E-state index in [0.717, 1.165) is 25.9 Å². The number of rotatable bonds is 11. The number of hydrogen-bond acceptors (Lipinski definition) is 4. The third-order valence-corrected chi connectivity index (χ3v) is 5.28. The maximum Gasteiger partial charge on any atom is 0.255 e. The van der Waals surface area contributed by atoms with Crippen molar-refractivity contribution in [2.45, 2.75) is 26.7 Å². The summed E-state index contributed by atoms with van der Waals surface area (Å²) in [6.45, 7) is 5.58. The zero-order valence-electron chi connectivity index (χ0n) is 20.2. The van der Waals surface area contributed by atoms with Crippen molar-refractivity contribution < 1.29 is 14.4 Å². The fourth-order valence-corrected chi connectivity index (χ4v) is 3.65. The molecule has 0 atom stereocenters. The first-order valence-corrected chi connectivity index (χ1v) is 11.9. The number of nitrogens with one attached hydrogen (secondary N) is 3. The Balaban J connectivity index is 1.56. The molecule has 0 heterocycles.